The molecule has 1 rings (SSSR count). The minimum atomic E-state index is -4.77. The van der Waals surface area contributed by atoms with Crippen molar-refractivity contribution < 1.29 is 27.4 Å². The van der Waals surface area contributed by atoms with E-state index in [1.165, 1.54) is 20.8 Å². The van der Waals surface area contributed by atoms with E-state index in [9.17, 15) is 22.7 Å². The normalized spacial score (nSPS) is 12.0. The number of halogens is 4. The zero-order chi connectivity index (χ0) is 17.9. The van der Waals surface area contributed by atoms with Gasteiger partial charge in [-0.3, -0.25) is 0 Å². The fourth-order valence-electron chi connectivity index (χ4n) is 1.70. The van der Waals surface area contributed by atoms with E-state index in [2.05, 4.69) is 0 Å². The molecule has 0 fully saturated rings. The molecule has 1 aromatic rings. The molecule has 0 atom stereocenters. The van der Waals surface area contributed by atoms with E-state index in [0.29, 0.717) is 0 Å². The second-order valence-electron chi connectivity index (χ2n) is 5.87. The van der Waals surface area contributed by atoms with Crippen molar-refractivity contribution in [2.24, 2.45) is 0 Å². The number of phenols is 1. The van der Waals surface area contributed by atoms with Crippen molar-refractivity contribution in [2.45, 2.75) is 66.2 Å². The Kier molecular flexibility index (Phi) is 6.72. The third-order valence-electron chi connectivity index (χ3n) is 2.56. The number of aromatic hydroxyl groups is 1. The van der Waals surface area contributed by atoms with Crippen LogP contribution in [0.5, 0.6) is 11.5 Å². The number of rotatable bonds is 2. The lowest BCUT2D eigenvalue weighted by atomic mass is 9.98. The van der Waals surface area contributed by atoms with E-state index in [-0.39, 0.29) is 5.56 Å². The highest BCUT2D eigenvalue weighted by atomic mass is 19.4. The Hall–Kier alpha value is -1.46. The third-order valence-corrected chi connectivity index (χ3v) is 2.56. The Bertz CT molecular complexity index is 500. The average Bonchev–Trinajstić information content (AvgIpc) is 2.34. The molecule has 0 amide bonds. The lowest BCUT2D eigenvalue weighted by Crippen LogP contribution is -2.26. The molecule has 0 saturated carbocycles. The van der Waals surface area contributed by atoms with Crippen LogP contribution in [0.3, 0.4) is 0 Å². The molecule has 6 heteroatoms. The summed E-state index contributed by atoms with van der Waals surface area (Å²) in [5.41, 5.74) is -2.34. The van der Waals surface area contributed by atoms with E-state index >= 15 is 0 Å². The van der Waals surface area contributed by atoms with Gasteiger partial charge in [0.15, 0.2) is 11.5 Å². The summed E-state index contributed by atoms with van der Waals surface area (Å²) in [7, 11) is 0. The standard InChI is InChI=1S/C14H18F4O2.C2H6/c1-7(2)8-6-9(14(16,17)18)12(10(15)11(8)19)20-13(3,4)5;1-2/h6-7,19H,1-5H3;1-2H3. The Balaban J connectivity index is 0.00000211. The van der Waals surface area contributed by atoms with Crippen LogP contribution < -0.4 is 4.74 Å². The first kappa shape index (κ1) is 20.5. The maximum atomic E-state index is 14.1. The van der Waals surface area contributed by atoms with Gasteiger partial charge in [-0.2, -0.15) is 17.6 Å². The highest BCUT2D eigenvalue weighted by Crippen LogP contribution is 2.45. The first-order chi connectivity index (χ1) is 9.84. The highest BCUT2D eigenvalue weighted by molar-refractivity contribution is 5.50. The molecule has 0 bridgehead atoms. The molecule has 0 aliphatic heterocycles. The first-order valence-electron chi connectivity index (χ1n) is 7.16. The molecule has 0 unspecified atom stereocenters. The van der Waals surface area contributed by atoms with E-state index < -0.39 is 40.6 Å². The molecule has 0 radical (unpaired) electrons. The molecule has 0 saturated heterocycles. The number of phenolic OH excluding ortho intramolecular Hbond substituents is 1. The van der Waals surface area contributed by atoms with Crippen LogP contribution in [0, 0.1) is 5.82 Å². The molecule has 0 aliphatic rings. The summed E-state index contributed by atoms with van der Waals surface area (Å²) in [5, 5.41) is 9.71. The van der Waals surface area contributed by atoms with Crippen molar-refractivity contribution in [3.8, 4) is 11.5 Å². The van der Waals surface area contributed by atoms with Crippen molar-refractivity contribution in [1.29, 1.82) is 0 Å². The molecule has 0 aliphatic carbocycles. The lowest BCUT2D eigenvalue weighted by molar-refractivity contribution is -0.140. The molecule has 1 N–H and O–H groups in total. The SMILES string of the molecule is CC.CC(C)c1cc(C(F)(F)F)c(OC(C)(C)C)c(F)c1O. The first-order valence-corrected chi connectivity index (χ1v) is 7.16. The second-order valence-corrected chi connectivity index (χ2v) is 5.87. The van der Waals surface area contributed by atoms with Crippen LogP contribution in [-0.4, -0.2) is 10.7 Å². The van der Waals surface area contributed by atoms with Gasteiger partial charge in [0.25, 0.3) is 0 Å². The largest absolute Gasteiger partial charge is 0.505 e. The number of hydrogen-bond donors (Lipinski definition) is 1. The summed E-state index contributed by atoms with van der Waals surface area (Å²) in [6.45, 7) is 11.6. The fourth-order valence-corrected chi connectivity index (χ4v) is 1.70. The van der Waals surface area contributed by atoms with Crippen LogP contribution in [0.25, 0.3) is 0 Å². The fraction of sp³-hybridized carbons (Fsp3) is 0.625. The topological polar surface area (TPSA) is 29.5 Å². The van der Waals surface area contributed by atoms with Gasteiger partial charge in [0, 0.05) is 5.56 Å². The second kappa shape index (κ2) is 7.20. The van der Waals surface area contributed by atoms with Gasteiger partial charge in [-0.1, -0.05) is 27.7 Å². The summed E-state index contributed by atoms with van der Waals surface area (Å²) in [4.78, 5) is 0. The van der Waals surface area contributed by atoms with Gasteiger partial charge < -0.3 is 9.84 Å². The van der Waals surface area contributed by atoms with Crippen LogP contribution in [0.4, 0.5) is 17.6 Å². The van der Waals surface area contributed by atoms with Gasteiger partial charge in [0.05, 0.1) is 0 Å². The Morgan fingerprint density at radius 1 is 1.09 bits per heavy atom. The molecule has 1 aromatic carbocycles. The van der Waals surface area contributed by atoms with Gasteiger partial charge in [0.2, 0.25) is 5.82 Å². The molecule has 2 nitrogen and oxygen atoms in total. The molecule has 0 heterocycles. The summed E-state index contributed by atoms with van der Waals surface area (Å²) in [6, 6.07) is 0.740. The van der Waals surface area contributed by atoms with Crippen molar-refractivity contribution in [2.75, 3.05) is 0 Å². The summed E-state index contributed by atoms with van der Waals surface area (Å²) >= 11 is 0. The third kappa shape index (κ3) is 5.07. The van der Waals surface area contributed by atoms with E-state index in [4.69, 9.17) is 4.74 Å². The number of alkyl halides is 3. The molecular weight excluding hydrogens is 300 g/mol. The molecule has 128 valence electrons. The molecular formula is C16H24F4O2. The average molecular weight is 324 g/mol. The van der Waals surface area contributed by atoms with Gasteiger partial charge in [-0.15, -0.1) is 0 Å². The number of ether oxygens (including phenoxy) is 1. The zero-order valence-electron chi connectivity index (χ0n) is 14.0. The molecule has 0 aromatic heterocycles. The maximum absolute atomic E-state index is 14.1. The maximum Gasteiger partial charge on any atom is 0.420 e. The summed E-state index contributed by atoms with van der Waals surface area (Å²) < 4.78 is 58.3. The quantitative estimate of drug-likeness (QED) is 0.689. The lowest BCUT2D eigenvalue weighted by Gasteiger charge is -2.25. The van der Waals surface area contributed by atoms with Crippen molar-refractivity contribution in [1.82, 2.24) is 0 Å². The Labute approximate surface area is 129 Å². The minimum absolute atomic E-state index is 0.101. The van der Waals surface area contributed by atoms with Gasteiger partial charge in [-0.05, 0) is 32.8 Å². The Morgan fingerprint density at radius 2 is 1.55 bits per heavy atom. The van der Waals surface area contributed by atoms with E-state index in [1.807, 2.05) is 13.8 Å². The van der Waals surface area contributed by atoms with Crippen LogP contribution in [0.1, 0.15) is 65.5 Å². The zero-order valence-corrected chi connectivity index (χ0v) is 14.0. The predicted molar refractivity (Wildman–Crippen MR) is 78.9 cm³/mol. The summed E-state index contributed by atoms with van der Waals surface area (Å²) in [5.74, 6) is -3.59. The Morgan fingerprint density at radius 3 is 1.86 bits per heavy atom. The van der Waals surface area contributed by atoms with Gasteiger partial charge in [-0.25, -0.2) is 0 Å². The predicted octanol–water partition coefficient (Wildman–Crippen LogP) is 5.88. The van der Waals surface area contributed by atoms with Crippen LogP contribution in [0.15, 0.2) is 6.07 Å². The minimum Gasteiger partial charge on any atom is -0.505 e. The van der Waals surface area contributed by atoms with Crippen LogP contribution in [-0.2, 0) is 6.18 Å². The number of benzene rings is 1. The number of hydrogen-bond acceptors (Lipinski definition) is 2. The highest BCUT2D eigenvalue weighted by Gasteiger charge is 2.39. The smallest absolute Gasteiger partial charge is 0.420 e. The van der Waals surface area contributed by atoms with Crippen molar-refractivity contribution >= 4 is 0 Å². The van der Waals surface area contributed by atoms with Crippen molar-refractivity contribution in [3.05, 3.63) is 23.0 Å². The van der Waals surface area contributed by atoms with Crippen LogP contribution >= 0.6 is 0 Å². The van der Waals surface area contributed by atoms with E-state index in [1.54, 1.807) is 13.8 Å². The monoisotopic (exact) mass is 324 g/mol. The molecule has 22 heavy (non-hydrogen) atoms. The molecule has 0 spiro atoms. The van der Waals surface area contributed by atoms with Gasteiger partial charge >= 0.3 is 6.18 Å². The van der Waals surface area contributed by atoms with Crippen molar-refractivity contribution in [3.63, 3.8) is 0 Å². The van der Waals surface area contributed by atoms with Gasteiger partial charge in [0.1, 0.15) is 11.2 Å². The van der Waals surface area contributed by atoms with Crippen LogP contribution in [0.2, 0.25) is 0 Å². The summed E-state index contributed by atoms with van der Waals surface area (Å²) in [6.07, 6.45) is -4.77. The van der Waals surface area contributed by atoms with E-state index in [0.717, 1.165) is 6.07 Å².